The lowest BCUT2D eigenvalue weighted by Gasteiger charge is -2.26. The Kier molecular flexibility index (Phi) is 3.13. The van der Waals surface area contributed by atoms with Crippen LogP contribution in [0.3, 0.4) is 0 Å². The smallest absolute Gasteiger partial charge is 0.122 e. The summed E-state index contributed by atoms with van der Waals surface area (Å²) in [6, 6.07) is 8.70. The molecule has 2 aromatic rings. The van der Waals surface area contributed by atoms with Crippen LogP contribution < -0.4 is 5.32 Å². The molecule has 1 unspecified atom stereocenters. The summed E-state index contributed by atoms with van der Waals surface area (Å²) in [5.74, 6) is 1.04. The lowest BCUT2D eigenvalue weighted by Crippen LogP contribution is -2.30. The number of nitrogens with zero attached hydrogens (tertiary/aromatic N) is 2. The second-order valence-electron chi connectivity index (χ2n) is 4.60. The van der Waals surface area contributed by atoms with E-state index >= 15 is 0 Å². The fourth-order valence-electron chi connectivity index (χ4n) is 2.33. The zero-order valence-electron chi connectivity index (χ0n) is 10.5. The maximum atomic E-state index is 5.62. The second-order valence-corrected chi connectivity index (χ2v) is 4.60. The highest BCUT2D eigenvalue weighted by Crippen LogP contribution is 2.24. The van der Waals surface area contributed by atoms with Crippen LogP contribution >= 0.6 is 0 Å². The first-order chi connectivity index (χ1) is 8.84. The van der Waals surface area contributed by atoms with E-state index in [-0.39, 0.29) is 6.04 Å². The molecule has 0 fully saturated rings. The van der Waals surface area contributed by atoms with Gasteiger partial charge in [-0.1, -0.05) is 24.3 Å². The van der Waals surface area contributed by atoms with Crippen LogP contribution in [0.15, 0.2) is 36.7 Å². The molecular formula is C14H17N3O. The van der Waals surface area contributed by atoms with Crippen LogP contribution in [0.2, 0.25) is 0 Å². The van der Waals surface area contributed by atoms with Crippen molar-refractivity contribution >= 4 is 0 Å². The van der Waals surface area contributed by atoms with E-state index in [0.29, 0.717) is 0 Å². The summed E-state index contributed by atoms with van der Waals surface area (Å²) in [5.41, 5.74) is 2.62. The topological polar surface area (TPSA) is 39.1 Å². The van der Waals surface area contributed by atoms with E-state index in [4.69, 9.17) is 4.74 Å². The van der Waals surface area contributed by atoms with Crippen molar-refractivity contribution in [3.63, 3.8) is 0 Å². The van der Waals surface area contributed by atoms with Crippen LogP contribution in [-0.2, 0) is 24.9 Å². The molecule has 94 valence electrons. The molecule has 1 atom stereocenters. The van der Waals surface area contributed by atoms with Crippen molar-refractivity contribution in [3.05, 3.63) is 53.6 Å². The molecule has 0 aliphatic carbocycles. The number of aromatic nitrogens is 2. The molecule has 1 aliphatic rings. The predicted octanol–water partition coefficient (Wildman–Crippen LogP) is 1.78. The van der Waals surface area contributed by atoms with Crippen LogP contribution in [0.25, 0.3) is 0 Å². The Bertz CT molecular complexity index is 535. The van der Waals surface area contributed by atoms with E-state index < -0.39 is 0 Å². The van der Waals surface area contributed by atoms with Crippen LogP contribution in [0, 0.1) is 0 Å². The van der Waals surface area contributed by atoms with Gasteiger partial charge in [0, 0.05) is 19.4 Å². The number of ether oxygens (including phenoxy) is 1. The molecule has 18 heavy (non-hydrogen) atoms. The zero-order valence-corrected chi connectivity index (χ0v) is 10.5. The Morgan fingerprint density at radius 3 is 3.17 bits per heavy atom. The maximum absolute atomic E-state index is 5.62. The summed E-state index contributed by atoms with van der Waals surface area (Å²) in [6.45, 7) is 2.20. The summed E-state index contributed by atoms with van der Waals surface area (Å²) in [4.78, 5) is 4.32. The number of hydrogen-bond acceptors (Lipinski definition) is 3. The minimum Gasteiger partial charge on any atom is -0.375 e. The van der Waals surface area contributed by atoms with Crippen LogP contribution in [-0.4, -0.2) is 16.2 Å². The number of aryl methyl sites for hydroxylation is 1. The monoisotopic (exact) mass is 243 g/mol. The number of nitrogens with one attached hydrogen (secondary N) is 1. The summed E-state index contributed by atoms with van der Waals surface area (Å²) in [7, 11) is 2.01. The lowest BCUT2D eigenvalue weighted by atomic mass is 9.99. The van der Waals surface area contributed by atoms with Crippen molar-refractivity contribution in [1.82, 2.24) is 14.9 Å². The highest BCUT2D eigenvalue weighted by molar-refractivity contribution is 5.31. The summed E-state index contributed by atoms with van der Waals surface area (Å²) < 4.78 is 7.65. The summed E-state index contributed by atoms with van der Waals surface area (Å²) in [6.07, 6.45) is 3.78. The van der Waals surface area contributed by atoms with Gasteiger partial charge < -0.3 is 14.6 Å². The third-order valence-electron chi connectivity index (χ3n) is 3.40. The molecule has 3 rings (SSSR count). The highest BCUT2D eigenvalue weighted by Gasteiger charge is 2.19. The van der Waals surface area contributed by atoms with Crippen LogP contribution in [0.4, 0.5) is 0 Å². The van der Waals surface area contributed by atoms with Crippen molar-refractivity contribution in [3.8, 4) is 0 Å². The van der Waals surface area contributed by atoms with E-state index in [9.17, 15) is 0 Å². The largest absolute Gasteiger partial charge is 0.375 e. The van der Waals surface area contributed by atoms with E-state index in [2.05, 4.69) is 34.6 Å². The molecule has 1 N–H and O–H groups in total. The molecule has 1 aromatic carbocycles. The minimum absolute atomic E-state index is 0.256. The van der Waals surface area contributed by atoms with Gasteiger partial charge in [-0.2, -0.15) is 0 Å². The first-order valence-corrected chi connectivity index (χ1v) is 6.20. The van der Waals surface area contributed by atoms with Crippen molar-refractivity contribution < 1.29 is 4.74 Å². The summed E-state index contributed by atoms with van der Waals surface area (Å²) >= 11 is 0. The van der Waals surface area contributed by atoms with Gasteiger partial charge in [0.25, 0.3) is 0 Å². The zero-order chi connectivity index (χ0) is 12.4. The molecule has 4 heteroatoms. The van der Waals surface area contributed by atoms with Crippen molar-refractivity contribution in [2.75, 3.05) is 6.61 Å². The number of fused-ring (bicyclic) bond motifs is 1. The molecule has 0 amide bonds. The van der Waals surface area contributed by atoms with Crippen LogP contribution in [0.5, 0.6) is 0 Å². The van der Waals surface area contributed by atoms with Gasteiger partial charge in [0.1, 0.15) is 5.82 Å². The van der Waals surface area contributed by atoms with Crippen molar-refractivity contribution in [1.29, 1.82) is 0 Å². The Labute approximate surface area is 107 Å². The normalized spacial score (nSPS) is 18.6. The Hall–Kier alpha value is -1.65. The average Bonchev–Trinajstić information content (AvgIpc) is 2.82. The van der Waals surface area contributed by atoms with Gasteiger partial charge in [0.15, 0.2) is 0 Å². The molecule has 0 spiro atoms. The minimum atomic E-state index is 0.256. The second kappa shape index (κ2) is 4.92. The molecule has 0 radical (unpaired) electrons. The molecule has 4 nitrogen and oxygen atoms in total. The molecule has 0 bridgehead atoms. The van der Waals surface area contributed by atoms with E-state index in [1.807, 2.05) is 24.0 Å². The van der Waals surface area contributed by atoms with E-state index in [0.717, 1.165) is 25.6 Å². The fourth-order valence-corrected chi connectivity index (χ4v) is 2.33. The lowest BCUT2D eigenvalue weighted by molar-refractivity contribution is 0.0814. The number of benzene rings is 1. The fraction of sp³-hybridized carbons (Fsp3) is 0.357. The first-order valence-electron chi connectivity index (χ1n) is 6.20. The Morgan fingerprint density at radius 1 is 1.44 bits per heavy atom. The van der Waals surface area contributed by atoms with Gasteiger partial charge in [-0.25, -0.2) is 4.98 Å². The number of imidazole rings is 1. The first kappa shape index (κ1) is 11.4. The number of rotatable bonds is 3. The van der Waals surface area contributed by atoms with Gasteiger partial charge in [-0.15, -0.1) is 0 Å². The Morgan fingerprint density at radius 2 is 2.33 bits per heavy atom. The van der Waals surface area contributed by atoms with Crippen molar-refractivity contribution in [2.45, 2.75) is 19.2 Å². The molecule has 0 saturated heterocycles. The third kappa shape index (κ3) is 2.17. The molecule has 2 heterocycles. The predicted molar refractivity (Wildman–Crippen MR) is 68.9 cm³/mol. The number of hydrogen-bond donors (Lipinski definition) is 1. The van der Waals surface area contributed by atoms with Gasteiger partial charge >= 0.3 is 0 Å². The van der Waals surface area contributed by atoms with Gasteiger partial charge in [-0.3, -0.25) is 0 Å². The van der Waals surface area contributed by atoms with Gasteiger partial charge in [0.05, 0.1) is 25.8 Å². The SMILES string of the molecule is Cn1ccnc1CNC1COCc2ccccc21. The van der Waals surface area contributed by atoms with Crippen molar-refractivity contribution in [2.24, 2.45) is 7.05 Å². The quantitative estimate of drug-likeness (QED) is 0.893. The third-order valence-corrected chi connectivity index (χ3v) is 3.40. The van der Waals surface area contributed by atoms with Gasteiger partial charge in [-0.05, 0) is 11.1 Å². The summed E-state index contributed by atoms with van der Waals surface area (Å²) in [5, 5.41) is 3.51. The van der Waals surface area contributed by atoms with E-state index in [1.165, 1.54) is 11.1 Å². The van der Waals surface area contributed by atoms with E-state index in [1.54, 1.807) is 0 Å². The average molecular weight is 243 g/mol. The standard InChI is InChI=1S/C14H17N3O/c1-17-7-6-15-14(17)8-16-13-10-18-9-11-4-2-3-5-12(11)13/h2-7,13,16H,8-10H2,1H3. The maximum Gasteiger partial charge on any atom is 0.122 e. The molecular weight excluding hydrogens is 226 g/mol. The Balaban J connectivity index is 1.73. The highest BCUT2D eigenvalue weighted by atomic mass is 16.5. The van der Waals surface area contributed by atoms with Gasteiger partial charge in [0.2, 0.25) is 0 Å². The van der Waals surface area contributed by atoms with Crippen LogP contribution in [0.1, 0.15) is 23.0 Å². The molecule has 1 aromatic heterocycles. The molecule has 1 aliphatic heterocycles. The molecule has 0 saturated carbocycles.